The quantitative estimate of drug-likeness (QED) is 0.937. The van der Waals surface area contributed by atoms with Crippen LogP contribution in [0.15, 0.2) is 17.5 Å². The van der Waals surface area contributed by atoms with Gasteiger partial charge in [-0.3, -0.25) is 9.36 Å². The number of rotatable bonds is 4. The SMILES string of the molecule is Cc1ccc(C)n1-c1nc(CC(=O)NC2(C#N)CCCC2)cs1. The molecule has 1 amide bonds. The second kappa shape index (κ2) is 6.17. The van der Waals surface area contributed by atoms with E-state index in [1.165, 1.54) is 11.3 Å². The van der Waals surface area contributed by atoms with Gasteiger partial charge in [-0.25, -0.2) is 4.98 Å². The van der Waals surface area contributed by atoms with Gasteiger partial charge in [-0.15, -0.1) is 11.3 Å². The van der Waals surface area contributed by atoms with Gasteiger partial charge in [0.15, 0.2) is 5.13 Å². The van der Waals surface area contributed by atoms with Crippen LogP contribution in [0.5, 0.6) is 0 Å². The fourth-order valence-corrected chi connectivity index (χ4v) is 4.11. The van der Waals surface area contributed by atoms with E-state index in [1.54, 1.807) is 0 Å². The molecule has 1 aliphatic rings. The number of thiazole rings is 1. The lowest BCUT2D eigenvalue weighted by Crippen LogP contribution is -2.45. The lowest BCUT2D eigenvalue weighted by atomic mass is 9.99. The maximum Gasteiger partial charge on any atom is 0.227 e. The first-order chi connectivity index (χ1) is 11.0. The Kier molecular flexibility index (Phi) is 4.22. The number of hydrogen-bond acceptors (Lipinski definition) is 4. The fraction of sp³-hybridized carbons (Fsp3) is 0.471. The first-order valence-corrected chi connectivity index (χ1v) is 8.73. The molecule has 2 aromatic rings. The molecule has 1 saturated carbocycles. The van der Waals surface area contributed by atoms with Crippen molar-refractivity contribution in [3.05, 3.63) is 34.6 Å². The minimum absolute atomic E-state index is 0.119. The van der Waals surface area contributed by atoms with E-state index in [4.69, 9.17) is 0 Å². The summed E-state index contributed by atoms with van der Waals surface area (Å²) in [4.78, 5) is 16.8. The lowest BCUT2D eigenvalue weighted by molar-refractivity contribution is -0.121. The number of carbonyl (C=O) groups excluding carboxylic acids is 1. The molecule has 0 radical (unpaired) electrons. The minimum Gasteiger partial charge on any atom is -0.337 e. The summed E-state index contributed by atoms with van der Waals surface area (Å²) in [6.45, 7) is 4.08. The fourth-order valence-electron chi connectivity index (χ4n) is 3.17. The van der Waals surface area contributed by atoms with E-state index in [2.05, 4.69) is 33.1 Å². The van der Waals surface area contributed by atoms with Crippen molar-refractivity contribution in [2.45, 2.75) is 51.5 Å². The standard InChI is InChI=1S/C17H20N4OS/c1-12-5-6-13(2)21(12)16-19-14(10-23-16)9-15(22)20-17(11-18)7-3-4-8-17/h5-6,10H,3-4,7-9H2,1-2H3,(H,20,22). The van der Waals surface area contributed by atoms with E-state index < -0.39 is 5.54 Å². The van der Waals surface area contributed by atoms with Crippen LogP contribution < -0.4 is 5.32 Å². The van der Waals surface area contributed by atoms with E-state index in [-0.39, 0.29) is 12.3 Å². The number of nitriles is 1. The molecule has 0 unspecified atom stereocenters. The van der Waals surface area contributed by atoms with E-state index in [9.17, 15) is 10.1 Å². The number of amides is 1. The topological polar surface area (TPSA) is 70.7 Å². The van der Waals surface area contributed by atoms with Crippen LogP contribution in [-0.4, -0.2) is 21.0 Å². The molecule has 120 valence electrons. The van der Waals surface area contributed by atoms with Gasteiger partial charge in [0.2, 0.25) is 5.91 Å². The normalized spacial score (nSPS) is 16.2. The Balaban J connectivity index is 1.70. The van der Waals surface area contributed by atoms with Crippen LogP contribution in [-0.2, 0) is 11.2 Å². The van der Waals surface area contributed by atoms with Gasteiger partial charge >= 0.3 is 0 Å². The monoisotopic (exact) mass is 328 g/mol. The summed E-state index contributed by atoms with van der Waals surface area (Å²) in [5.41, 5.74) is 2.34. The van der Waals surface area contributed by atoms with Gasteiger partial charge in [-0.05, 0) is 51.7 Å². The van der Waals surface area contributed by atoms with Gasteiger partial charge in [0.1, 0.15) is 5.54 Å². The highest BCUT2D eigenvalue weighted by Gasteiger charge is 2.35. The minimum atomic E-state index is -0.663. The maximum absolute atomic E-state index is 12.3. The molecule has 23 heavy (non-hydrogen) atoms. The van der Waals surface area contributed by atoms with Crippen molar-refractivity contribution in [2.24, 2.45) is 0 Å². The Morgan fingerprint density at radius 3 is 2.65 bits per heavy atom. The molecule has 0 bridgehead atoms. The highest BCUT2D eigenvalue weighted by atomic mass is 32.1. The molecule has 0 spiro atoms. The van der Waals surface area contributed by atoms with Gasteiger partial charge in [-0.1, -0.05) is 0 Å². The van der Waals surface area contributed by atoms with Crippen molar-refractivity contribution >= 4 is 17.2 Å². The van der Waals surface area contributed by atoms with E-state index >= 15 is 0 Å². The molecule has 0 atom stereocenters. The molecule has 6 heteroatoms. The van der Waals surface area contributed by atoms with Gasteiger partial charge < -0.3 is 5.32 Å². The molecule has 0 aliphatic heterocycles. The van der Waals surface area contributed by atoms with Crippen molar-refractivity contribution in [2.75, 3.05) is 0 Å². The van der Waals surface area contributed by atoms with Gasteiger partial charge in [0.05, 0.1) is 18.2 Å². The second-order valence-electron chi connectivity index (χ2n) is 6.20. The van der Waals surface area contributed by atoms with Crippen molar-refractivity contribution in [1.29, 1.82) is 5.26 Å². The van der Waals surface area contributed by atoms with Crippen molar-refractivity contribution in [3.8, 4) is 11.2 Å². The zero-order valence-electron chi connectivity index (χ0n) is 13.4. The van der Waals surface area contributed by atoms with Crippen LogP contribution in [0.2, 0.25) is 0 Å². The number of aryl methyl sites for hydroxylation is 2. The molecular formula is C17H20N4OS. The maximum atomic E-state index is 12.3. The largest absolute Gasteiger partial charge is 0.337 e. The summed E-state index contributed by atoms with van der Waals surface area (Å²) < 4.78 is 2.08. The highest BCUT2D eigenvalue weighted by Crippen LogP contribution is 2.29. The summed E-state index contributed by atoms with van der Waals surface area (Å²) in [6, 6.07) is 6.39. The third-order valence-electron chi connectivity index (χ3n) is 4.39. The highest BCUT2D eigenvalue weighted by molar-refractivity contribution is 7.12. The van der Waals surface area contributed by atoms with Crippen molar-refractivity contribution in [3.63, 3.8) is 0 Å². The van der Waals surface area contributed by atoms with Crippen LogP contribution in [0, 0.1) is 25.2 Å². The van der Waals surface area contributed by atoms with E-state index in [0.29, 0.717) is 0 Å². The molecule has 1 aliphatic carbocycles. The Hall–Kier alpha value is -2.13. The number of carbonyl (C=O) groups is 1. The Morgan fingerprint density at radius 2 is 2.04 bits per heavy atom. The third kappa shape index (κ3) is 3.15. The Bertz CT molecular complexity index is 742. The van der Waals surface area contributed by atoms with Crippen molar-refractivity contribution < 1.29 is 4.79 Å². The Labute approximate surface area is 140 Å². The molecule has 1 fully saturated rings. The van der Waals surface area contributed by atoms with Crippen LogP contribution in [0.3, 0.4) is 0 Å². The van der Waals surface area contributed by atoms with Gasteiger partial charge in [0.25, 0.3) is 0 Å². The molecule has 2 aromatic heterocycles. The third-order valence-corrected chi connectivity index (χ3v) is 5.27. The Morgan fingerprint density at radius 1 is 1.39 bits per heavy atom. The molecule has 2 heterocycles. The molecule has 0 saturated heterocycles. The number of hydrogen-bond donors (Lipinski definition) is 1. The first kappa shape index (κ1) is 15.8. The zero-order valence-corrected chi connectivity index (χ0v) is 14.2. The smallest absolute Gasteiger partial charge is 0.227 e. The number of nitrogens with one attached hydrogen (secondary N) is 1. The lowest BCUT2D eigenvalue weighted by Gasteiger charge is -2.21. The molecule has 0 aromatic carbocycles. The summed E-state index contributed by atoms with van der Waals surface area (Å²) in [6.07, 6.45) is 3.72. The second-order valence-corrected chi connectivity index (χ2v) is 7.04. The molecule has 5 nitrogen and oxygen atoms in total. The first-order valence-electron chi connectivity index (χ1n) is 7.85. The average Bonchev–Trinajstić information content (AvgIpc) is 3.22. The molecular weight excluding hydrogens is 308 g/mol. The van der Waals surface area contributed by atoms with Crippen LogP contribution in [0.25, 0.3) is 5.13 Å². The van der Waals surface area contributed by atoms with Crippen LogP contribution in [0.4, 0.5) is 0 Å². The average molecular weight is 328 g/mol. The van der Waals surface area contributed by atoms with Gasteiger partial charge in [0, 0.05) is 16.8 Å². The van der Waals surface area contributed by atoms with E-state index in [0.717, 1.165) is 47.9 Å². The zero-order chi connectivity index (χ0) is 16.4. The van der Waals surface area contributed by atoms with E-state index in [1.807, 2.05) is 19.2 Å². The molecule has 1 N–H and O–H groups in total. The number of nitrogens with zero attached hydrogens (tertiary/aromatic N) is 3. The van der Waals surface area contributed by atoms with Crippen LogP contribution in [0.1, 0.15) is 42.8 Å². The predicted octanol–water partition coefficient (Wildman–Crippen LogP) is 3.05. The number of aromatic nitrogens is 2. The summed E-state index contributed by atoms with van der Waals surface area (Å²) >= 11 is 1.53. The predicted molar refractivity (Wildman–Crippen MR) is 89.6 cm³/mol. The van der Waals surface area contributed by atoms with Crippen LogP contribution >= 0.6 is 11.3 Å². The van der Waals surface area contributed by atoms with Crippen molar-refractivity contribution in [1.82, 2.24) is 14.9 Å². The summed E-state index contributed by atoms with van der Waals surface area (Å²) in [5, 5.41) is 15.1. The molecule has 3 rings (SSSR count). The van der Waals surface area contributed by atoms with Gasteiger partial charge in [-0.2, -0.15) is 5.26 Å². The summed E-state index contributed by atoms with van der Waals surface area (Å²) in [5.74, 6) is -0.119. The summed E-state index contributed by atoms with van der Waals surface area (Å²) in [7, 11) is 0.